The maximum atomic E-state index is 12.2. The summed E-state index contributed by atoms with van der Waals surface area (Å²) in [6.45, 7) is 4.46. The van der Waals surface area contributed by atoms with Gasteiger partial charge in [-0.3, -0.25) is 4.79 Å². The van der Waals surface area contributed by atoms with E-state index >= 15 is 0 Å². The lowest BCUT2D eigenvalue weighted by atomic mass is 10.0. The van der Waals surface area contributed by atoms with Gasteiger partial charge in [-0.05, 0) is 18.9 Å². The van der Waals surface area contributed by atoms with E-state index < -0.39 is 6.10 Å². The Morgan fingerprint density at radius 1 is 1.62 bits per heavy atom. The number of nitriles is 1. The molecule has 3 atom stereocenters. The molecule has 2 saturated heterocycles. The third-order valence-corrected chi connectivity index (χ3v) is 3.32. The maximum Gasteiger partial charge on any atom is 0.240 e. The number of morpholine rings is 1. The summed E-state index contributed by atoms with van der Waals surface area (Å²) in [5.74, 6) is 0.504. The first kappa shape index (κ1) is 11.4. The van der Waals surface area contributed by atoms with Crippen LogP contribution in [-0.2, 0) is 9.53 Å². The third kappa shape index (κ3) is 2.18. The van der Waals surface area contributed by atoms with Gasteiger partial charge < -0.3 is 15.0 Å². The van der Waals surface area contributed by atoms with Crippen LogP contribution >= 0.6 is 0 Å². The molecule has 2 heterocycles. The van der Waals surface area contributed by atoms with Crippen molar-refractivity contribution in [1.29, 1.82) is 5.26 Å². The predicted octanol–water partition coefficient (Wildman–Crippen LogP) is -0.265. The minimum atomic E-state index is -0.464. The molecule has 0 bridgehead atoms. The van der Waals surface area contributed by atoms with Crippen molar-refractivity contribution in [2.75, 3.05) is 26.2 Å². The number of rotatable bonds is 1. The topological polar surface area (TPSA) is 65.4 Å². The molecule has 2 rings (SSSR count). The van der Waals surface area contributed by atoms with Crippen LogP contribution in [0.3, 0.4) is 0 Å². The molecule has 2 fully saturated rings. The highest BCUT2D eigenvalue weighted by molar-refractivity contribution is 5.82. The van der Waals surface area contributed by atoms with Crippen molar-refractivity contribution in [3.8, 4) is 6.07 Å². The van der Waals surface area contributed by atoms with E-state index in [0.717, 1.165) is 13.0 Å². The lowest BCUT2D eigenvalue weighted by Gasteiger charge is -2.32. The molecular formula is C11H17N3O2. The first-order chi connectivity index (χ1) is 7.72. The van der Waals surface area contributed by atoms with E-state index in [1.165, 1.54) is 0 Å². The summed E-state index contributed by atoms with van der Waals surface area (Å²) < 4.78 is 5.22. The average molecular weight is 223 g/mol. The zero-order chi connectivity index (χ0) is 11.5. The molecule has 16 heavy (non-hydrogen) atoms. The van der Waals surface area contributed by atoms with Crippen molar-refractivity contribution in [1.82, 2.24) is 10.2 Å². The second-order valence-electron chi connectivity index (χ2n) is 4.47. The summed E-state index contributed by atoms with van der Waals surface area (Å²) in [5, 5.41) is 12.0. The normalized spacial score (nSPS) is 34.8. The smallest absolute Gasteiger partial charge is 0.240 e. The molecule has 2 aliphatic rings. The van der Waals surface area contributed by atoms with Gasteiger partial charge in [0.2, 0.25) is 5.91 Å². The van der Waals surface area contributed by atoms with Crippen molar-refractivity contribution in [2.45, 2.75) is 25.5 Å². The number of amides is 1. The van der Waals surface area contributed by atoms with Crippen LogP contribution in [0.2, 0.25) is 0 Å². The van der Waals surface area contributed by atoms with Crippen molar-refractivity contribution in [2.24, 2.45) is 5.92 Å². The Bertz CT molecular complexity index is 313. The predicted molar refractivity (Wildman–Crippen MR) is 57.5 cm³/mol. The first-order valence-electron chi connectivity index (χ1n) is 5.75. The number of hydrogen-bond acceptors (Lipinski definition) is 4. The quantitative estimate of drug-likeness (QED) is 0.665. The van der Waals surface area contributed by atoms with Crippen LogP contribution in [0.25, 0.3) is 0 Å². The van der Waals surface area contributed by atoms with E-state index in [4.69, 9.17) is 10.00 Å². The number of carbonyl (C=O) groups is 1. The summed E-state index contributed by atoms with van der Waals surface area (Å²) in [7, 11) is 0. The van der Waals surface area contributed by atoms with Crippen molar-refractivity contribution < 1.29 is 9.53 Å². The SMILES string of the molecule is CC1CCNC1C(=O)N1CCOC(C#N)C1. The van der Waals surface area contributed by atoms with Gasteiger partial charge in [-0.2, -0.15) is 5.26 Å². The van der Waals surface area contributed by atoms with Crippen LogP contribution in [0.4, 0.5) is 0 Å². The summed E-state index contributed by atoms with van der Waals surface area (Å²) >= 11 is 0. The van der Waals surface area contributed by atoms with Crippen molar-refractivity contribution in [3.63, 3.8) is 0 Å². The van der Waals surface area contributed by atoms with E-state index in [1.807, 2.05) is 0 Å². The fraction of sp³-hybridized carbons (Fsp3) is 0.818. The van der Waals surface area contributed by atoms with Gasteiger partial charge in [0.1, 0.15) is 0 Å². The average Bonchev–Trinajstić information content (AvgIpc) is 2.74. The maximum absolute atomic E-state index is 12.2. The van der Waals surface area contributed by atoms with Crippen molar-refractivity contribution in [3.05, 3.63) is 0 Å². The minimum absolute atomic E-state index is 0.0718. The largest absolute Gasteiger partial charge is 0.360 e. The summed E-state index contributed by atoms with van der Waals surface area (Å²) in [6.07, 6.45) is 0.581. The van der Waals surface area contributed by atoms with E-state index in [2.05, 4.69) is 18.3 Å². The Morgan fingerprint density at radius 3 is 3.06 bits per heavy atom. The standard InChI is InChI=1S/C11H17N3O2/c1-8-2-3-13-10(8)11(15)14-4-5-16-9(6-12)7-14/h8-10,13H,2-5,7H2,1H3. The van der Waals surface area contributed by atoms with E-state index in [0.29, 0.717) is 25.6 Å². The fourth-order valence-electron chi connectivity index (χ4n) is 2.29. The van der Waals surface area contributed by atoms with E-state index in [1.54, 1.807) is 4.90 Å². The van der Waals surface area contributed by atoms with Gasteiger partial charge in [0, 0.05) is 6.54 Å². The number of hydrogen-bond donors (Lipinski definition) is 1. The van der Waals surface area contributed by atoms with E-state index in [-0.39, 0.29) is 11.9 Å². The molecule has 0 aromatic heterocycles. The van der Waals surface area contributed by atoms with Crippen LogP contribution in [0.15, 0.2) is 0 Å². The molecule has 0 radical (unpaired) electrons. The summed E-state index contributed by atoms with van der Waals surface area (Å²) in [4.78, 5) is 13.9. The fourth-order valence-corrected chi connectivity index (χ4v) is 2.29. The molecule has 88 valence electrons. The monoisotopic (exact) mass is 223 g/mol. The molecule has 0 aromatic rings. The zero-order valence-corrected chi connectivity index (χ0v) is 9.48. The second kappa shape index (κ2) is 4.81. The van der Waals surface area contributed by atoms with Gasteiger partial charge in [0.15, 0.2) is 6.10 Å². The van der Waals surface area contributed by atoms with Gasteiger partial charge in [0.25, 0.3) is 0 Å². The Balaban J connectivity index is 1.96. The number of nitrogens with one attached hydrogen (secondary N) is 1. The van der Waals surface area contributed by atoms with Gasteiger partial charge in [-0.1, -0.05) is 6.92 Å². The van der Waals surface area contributed by atoms with Gasteiger partial charge in [0.05, 0.1) is 25.3 Å². The van der Waals surface area contributed by atoms with Gasteiger partial charge in [-0.15, -0.1) is 0 Å². The van der Waals surface area contributed by atoms with Gasteiger partial charge in [-0.25, -0.2) is 0 Å². The van der Waals surface area contributed by atoms with Crippen LogP contribution in [-0.4, -0.2) is 49.2 Å². The lowest BCUT2D eigenvalue weighted by Crippen LogP contribution is -2.52. The third-order valence-electron chi connectivity index (χ3n) is 3.32. The van der Waals surface area contributed by atoms with Crippen LogP contribution in [0, 0.1) is 17.2 Å². The molecule has 0 spiro atoms. The summed E-state index contributed by atoms with van der Waals surface area (Å²) in [6, 6.07) is 1.98. The highest BCUT2D eigenvalue weighted by Gasteiger charge is 2.34. The van der Waals surface area contributed by atoms with Crippen molar-refractivity contribution >= 4 is 5.91 Å². The van der Waals surface area contributed by atoms with Crippen LogP contribution < -0.4 is 5.32 Å². The molecule has 0 saturated carbocycles. The van der Waals surface area contributed by atoms with Crippen LogP contribution in [0.1, 0.15) is 13.3 Å². The second-order valence-corrected chi connectivity index (χ2v) is 4.47. The number of carbonyl (C=O) groups excluding carboxylic acids is 1. The molecule has 3 unspecified atom stereocenters. The molecule has 5 nitrogen and oxygen atoms in total. The Labute approximate surface area is 95.4 Å². The first-order valence-corrected chi connectivity index (χ1v) is 5.75. The Morgan fingerprint density at radius 2 is 2.44 bits per heavy atom. The molecule has 1 N–H and O–H groups in total. The lowest BCUT2D eigenvalue weighted by molar-refractivity contribution is -0.139. The Kier molecular flexibility index (Phi) is 3.42. The molecule has 2 aliphatic heterocycles. The zero-order valence-electron chi connectivity index (χ0n) is 9.48. The van der Waals surface area contributed by atoms with E-state index in [9.17, 15) is 4.79 Å². The highest BCUT2D eigenvalue weighted by atomic mass is 16.5. The molecule has 5 heteroatoms. The number of nitrogens with zero attached hydrogens (tertiary/aromatic N) is 2. The molecule has 0 aliphatic carbocycles. The minimum Gasteiger partial charge on any atom is -0.360 e. The molecular weight excluding hydrogens is 206 g/mol. The van der Waals surface area contributed by atoms with Crippen LogP contribution in [0.5, 0.6) is 0 Å². The van der Waals surface area contributed by atoms with Gasteiger partial charge >= 0.3 is 0 Å². The molecule has 1 amide bonds. The number of ether oxygens (including phenoxy) is 1. The Hall–Kier alpha value is -1.12. The highest BCUT2D eigenvalue weighted by Crippen LogP contribution is 2.17. The molecule has 0 aromatic carbocycles. The summed E-state index contributed by atoms with van der Waals surface area (Å²) in [5.41, 5.74) is 0.